The molecule has 0 amide bonds. The standard InChI is InChI=1S/C15H11BrF2O3/c1-20-11-4-2-9(3-5-11)14(19)8-21-15-12(16)6-10(17)7-13(15)18/h2-7H,8H2,1H3. The Labute approximate surface area is 128 Å². The SMILES string of the molecule is COc1ccc(C(=O)COc2c(F)cc(F)cc2Br)cc1. The van der Waals surface area contributed by atoms with Crippen molar-refractivity contribution in [3.05, 3.63) is 58.1 Å². The van der Waals surface area contributed by atoms with Crippen molar-refractivity contribution < 1.29 is 23.0 Å². The van der Waals surface area contributed by atoms with Crippen molar-refractivity contribution >= 4 is 21.7 Å². The zero-order valence-electron chi connectivity index (χ0n) is 11.0. The Bertz CT molecular complexity index is 633. The molecule has 0 radical (unpaired) electrons. The van der Waals surface area contributed by atoms with Gasteiger partial charge in [0.15, 0.2) is 24.0 Å². The van der Waals surface area contributed by atoms with Gasteiger partial charge in [0, 0.05) is 11.6 Å². The van der Waals surface area contributed by atoms with Crippen LogP contribution in [0.5, 0.6) is 11.5 Å². The number of hydrogen-bond acceptors (Lipinski definition) is 3. The minimum absolute atomic E-state index is 0.113. The van der Waals surface area contributed by atoms with E-state index >= 15 is 0 Å². The van der Waals surface area contributed by atoms with Gasteiger partial charge in [-0.25, -0.2) is 8.78 Å². The summed E-state index contributed by atoms with van der Waals surface area (Å²) in [5, 5.41) is 0. The minimum atomic E-state index is -0.871. The first kappa shape index (κ1) is 15.4. The molecule has 0 spiro atoms. The summed E-state index contributed by atoms with van der Waals surface area (Å²) >= 11 is 2.99. The van der Waals surface area contributed by atoms with Gasteiger partial charge in [0.05, 0.1) is 11.6 Å². The van der Waals surface area contributed by atoms with Crippen LogP contribution in [0.2, 0.25) is 0 Å². The summed E-state index contributed by atoms with van der Waals surface area (Å²) in [5.41, 5.74) is 0.412. The van der Waals surface area contributed by atoms with Gasteiger partial charge in [0.25, 0.3) is 0 Å². The molecular formula is C15H11BrF2O3. The Morgan fingerprint density at radius 3 is 2.43 bits per heavy atom. The van der Waals surface area contributed by atoms with Crippen LogP contribution in [-0.4, -0.2) is 19.5 Å². The molecule has 0 saturated heterocycles. The lowest BCUT2D eigenvalue weighted by Gasteiger charge is -2.09. The fourth-order valence-electron chi connectivity index (χ4n) is 1.66. The van der Waals surface area contributed by atoms with Gasteiger partial charge in [-0.15, -0.1) is 0 Å². The molecular weight excluding hydrogens is 346 g/mol. The lowest BCUT2D eigenvalue weighted by atomic mass is 10.1. The van der Waals surface area contributed by atoms with Crippen molar-refractivity contribution in [1.29, 1.82) is 0 Å². The van der Waals surface area contributed by atoms with Crippen molar-refractivity contribution in [3.63, 3.8) is 0 Å². The fraction of sp³-hybridized carbons (Fsp3) is 0.133. The molecule has 0 unspecified atom stereocenters. The third-order valence-corrected chi connectivity index (χ3v) is 3.31. The molecule has 0 saturated carbocycles. The highest BCUT2D eigenvalue weighted by atomic mass is 79.9. The van der Waals surface area contributed by atoms with E-state index in [-0.39, 0.29) is 22.6 Å². The minimum Gasteiger partial charge on any atom is -0.497 e. The Morgan fingerprint density at radius 1 is 1.19 bits per heavy atom. The van der Waals surface area contributed by atoms with Gasteiger partial charge in [-0.05, 0) is 46.3 Å². The van der Waals surface area contributed by atoms with Crippen LogP contribution in [-0.2, 0) is 0 Å². The van der Waals surface area contributed by atoms with E-state index in [2.05, 4.69) is 15.9 Å². The summed E-state index contributed by atoms with van der Waals surface area (Å²) < 4.78 is 36.7. The monoisotopic (exact) mass is 356 g/mol. The summed E-state index contributed by atoms with van der Waals surface area (Å²) in [7, 11) is 1.52. The molecule has 0 aliphatic carbocycles. The van der Waals surface area contributed by atoms with Gasteiger partial charge in [0.2, 0.25) is 0 Å². The van der Waals surface area contributed by atoms with Gasteiger partial charge >= 0.3 is 0 Å². The zero-order valence-corrected chi connectivity index (χ0v) is 12.6. The lowest BCUT2D eigenvalue weighted by Crippen LogP contribution is -2.12. The van der Waals surface area contributed by atoms with Gasteiger partial charge in [-0.1, -0.05) is 0 Å². The molecule has 0 N–H and O–H groups in total. The van der Waals surface area contributed by atoms with Crippen molar-refractivity contribution in [2.24, 2.45) is 0 Å². The summed E-state index contributed by atoms with van der Waals surface area (Å²) in [4.78, 5) is 11.9. The van der Waals surface area contributed by atoms with Crippen LogP contribution in [0.25, 0.3) is 0 Å². The van der Waals surface area contributed by atoms with E-state index in [0.717, 1.165) is 6.07 Å². The van der Waals surface area contributed by atoms with Crippen LogP contribution in [0, 0.1) is 11.6 Å². The zero-order chi connectivity index (χ0) is 15.4. The van der Waals surface area contributed by atoms with E-state index < -0.39 is 11.6 Å². The quantitative estimate of drug-likeness (QED) is 0.759. The first-order valence-electron chi connectivity index (χ1n) is 5.96. The first-order chi connectivity index (χ1) is 10.0. The van der Waals surface area contributed by atoms with E-state index in [1.54, 1.807) is 24.3 Å². The van der Waals surface area contributed by atoms with Crippen LogP contribution >= 0.6 is 15.9 Å². The number of ketones is 1. The van der Waals surface area contributed by atoms with E-state index in [4.69, 9.17) is 9.47 Å². The molecule has 6 heteroatoms. The summed E-state index contributed by atoms with van der Waals surface area (Å²) in [6, 6.07) is 8.21. The molecule has 0 aliphatic heterocycles. The second kappa shape index (κ2) is 6.67. The van der Waals surface area contributed by atoms with Crippen LogP contribution in [0.4, 0.5) is 8.78 Å². The molecule has 0 heterocycles. The highest BCUT2D eigenvalue weighted by molar-refractivity contribution is 9.10. The van der Waals surface area contributed by atoms with Crippen molar-refractivity contribution in [1.82, 2.24) is 0 Å². The normalized spacial score (nSPS) is 10.3. The van der Waals surface area contributed by atoms with Crippen molar-refractivity contribution in [2.75, 3.05) is 13.7 Å². The highest BCUT2D eigenvalue weighted by Gasteiger charge is 2.14. The Morgan fingerprint density at radius 2 is 1.86 bits per heavy atom. The summed E-state index contributed by atoms with van der Waals surface area (Å²) in [6.07, 6.45) is 0. The molecule has 3 nitrogen and oxygen atoms in total. The van der Waals surface area contributed by atoms with Gasteiger partial charge in [-0.2, -0.15) is 0 Å². The average molecular weight is 357 g/mol. The van der Waals surface area contributed by atoms with Crippen LogP contribution in [0.15, 0.2) is 40.9 Å². The Balaban J connectivity index is 2.07. The second-order valence-corrected chi connectivity index (χ2v) is 4.99. The van der Waals surface area contributed by atoms with Crippen LogP contribution < -0.4 is 9.47 Å². The smallest absolute Gasteiger partial charge is 0.200 e. The van der Waals surface area contributed by atoms with Crippen molar-refractivity contribution in [2.45, 2.75) is 0 Å². The molecule has 0 fully saturated rings. The molecule has 2 aromatic carbocycles. The largest absolute Gasteiger partial charge is 0.497 e. The maximum Gasteiger partial charge on any atom is 0.200 e. The number of methoxy groups -OCH3 is 1. The third-order valence-electron chi connectivity index (χ3n) is 2.72. The van der Waals surface area contributed by atoms with Gasteiger partial charge in [0.1, 0.15) is 11.6 Å². The molecule has 0 aromatic heterocycles. The molecule has 0 bridgehead atoms. The maximum absolute atomic E-state index is 13.5. The lowest BCUT2D eigenvalue weighted by molar-refractivity contribution is 0.0918. The number of carbonyl (C=O) groups is 1. The van der Waals surface area contributed by atoms with Gasteiger partial charge in [-0.3, -0.25) is 4.79 Å². The molecule has 21 heavy (non-hydrogen) atoms. The van der Waals surface area contributed by atoms with Crippen LogP contribution in [0.3, 0.4) is 0 Å². The van der Waals surface area contributed by atoms with E-state index in [1.165, 1.54) is 7.11 Å². The number of halogens is 3. The number of Topliss-reactive ketones (excluding diaryl/α,β-unsaturated/α-hetero) is 1. The van der Waals surface area contributed by atoms with E-state index in [0.29, 0.717) is 17.4 Å². The maximum atomic E-state index is 13.5. The summed E-state index contributed by atoms with van der Waals surface area (Å²) in [5.74, 6) is -1.50. The molecule has 0 aliphatic rings. The number of ether oxygens (including phenoxy) is 2. The van der Waals surface area contributed by atoms with Crippen LogP contribution in [0.1, 0.15) is 10.4 Å². The highest BCUT2D eigenvalue weighted by Crippen LogP contribution is 2.29. The Kier molecular flexibility index (Phi) is 4.90. The molecule has 110 valence electrons. The topological polar surface area (TPSA) is 35.5 Å². The predicted molar refractivity (Wildman–Crippen MR) is 76.9 cm³/mol. The first-order valence-corrected chi connectivity index (χ1v) is 6.75. The number of hydrogen-bond donors (Lipinski definition) is 0. The summed E-state index contributed by atoms with van der Waals surface area (Å²) in [6.45, 7) is -0.354. The fourth-order valence-corrected chi connectivity index (χ4v) is 2.19. The molecule has 2 aromatic rings. The number of carbonyl (C=O) groups excluding carboxylic acids is 1. The molecule has 0 atom stereocenters. The van der Waals surface area contributed by atoms with E-state index in [9.17, 15) is 13.6 Å². The molecule has 2 rings (SSSR count). The van der Waals surface area contributed by atoms with E-state index in [1.807, 2.05) is 0 Å². The van der Waals surface area contributed by atoms with Crippen molar-refractivity contribution in [3.8, 4) is 11.5 Å². The second-order valence-electron chi connectivity index (χ2n) is 4.14. The predicted octanol–water partition coefficient (Wildman–Crippen LogP) is 4.00. The number of benzene rings is 2. The third kappa shape index (κ3) is 3.78. The average Bonchev–Trinajstić information content (AvgIpc) is 2.46. The Hall–Kier alpha value is -1.95. The van der Waals surface area contributed by atoms with Gasteiger partial charge < -0.3 is 9.47 Å². The number of rotatable bonds is 5.